The van der Waals surface area contributed by atoms with E-state index < -0.39 is 0 Å². The second-order valence-electron chi connectivity index (χ2n) is 4.22. The molecular formula is C14H21NO. The molecule has 0 spiro atoms. The lowest BCUT2D eigenvalue weighted by Crippen LogP contribution is -2.19. The van der Waals surface area contributed by atoms with Crippen LogP contribution >= 0.6 is 0 Å². The fourth-order valence-electron chi connectivity index (χ4n) is 1.70. The zero-order chi connectivity index (χ0) is 11.8. The van der Waals surface area contributed by atoms with E-state index in [0.29, 0.717) is 12.2 Å². The largest absolute Gasteiger partial charge is 0.302 e. The van der Waals surface area contributed by atoms with E-state index >= 15 is 0 Å². The zero-order valence-corrected chi connectivity index (χ0v) is 10.3. The van der Waals surface area contributed by atoms with Gasteiger partial charge in [-0.15, -0.1) is 0 Å². The summed E-state index contributed by atoms with van der Waals surface area (Å²) in [6, 6.07) is 10.4. The molecule has 0 aliphatic carbocycles. The van der Waals surface area contributed by atoms with Crippen molar-refractivity contribution in [2.45, 2.75) is 32.7 Å². The third-order valence-electron chi connectivity index (χ3n) is 2.69. The quantitative estimate of drug-likeness (QED) is 0.703. The molecule has 0 N–H and O–H groups in total. The van der Waals surface area contributed by atoms with Crippen molar-refractivity contribution in [1.29, 1.82) is 0 Å². The lowest BCUT2D eigenvalue weighted by molar-refractivity contribution is -0.118. The SMILES string of the molecule is CCC(=O)CCCN(C)Cc1ccccc1. The number of Topliss-reactive ketones (excluding diaryl/α,β-unsaturated/α-hetero) is 1. The number of ketones is 1. The average molecular weight is 219 g/mol. The van der Waals surface area contributed by atoms with E-state index in [1.165, 1.54) is 5.56 Å². The van der Waals surface area contributed by atoms with Crippen molar-refractivity contribution in [2.75, 3.05) is 13.6 Å². The minimum atomic E-state index is 0.369. The van der Waals surface area contributed by atoms with Gasteiger partial charge in [-0.3, -0.25) is 4.79 Å². The van der Waals surface area contributed by atoms with E-state index in [1.807, 2.05) is 13.0 Å². The molecule has 0 atom stereocenters. The summed E-state index contributed by atoms with van der Waals surface area (Å²) >= 11 is 0. The van der Waals surface area contributed by atoms with Gasteiger partial charge in [0.2, 0.25) is 0 Å². The minimum Gasteiger partial charge on any atom is -0.302 e. The number of carbonyl (C=O) groups excluding carboxylic acids is 1. The topological polar surface area (TPSA) is 20.3 Å². The van der Waals surface area contributed by atoms with Gasteiger partial charge in [0.25, 0.3) is 0 Å². The Morgan fingerprint density at radius 3 is 2.56 bits per heavy atom. The van der Waals surface area contributed by atoms with Crippen molar-refractivity contribution in [3.63, 3.8) is 0 Å². The smallest absolute Gasteiger partial charge is 0.132 e. The Hall–Kier alpha value is -1.15. The summed E-state index contributed by atoms with van der Waals surface area (Å²) < 4.78 is 0. The lowest BCUT2D eigenvalue weighted by atomic mass is 10.1. The zero-order valence-electron chi connectivity index (χ0n) is 10.3. The van der Waals surface area contributed by atoms with Crippen LogP contribution in [0.5, 0.6) is 0 Å². The van der Waals surface area contributed by atoms with Crippen LogP contribution in [-0.2, 0) is 11.3 Å². The van der Waals surface area contributed by atoms with Gasteiger partial charge < -0.3 is 4.90 Å². The molecule has 0 fully saturated rings. The highest BCUT2D eigenvalue weighted by Crippen LogP contribution is 2.04. The first kappa shape index (κ1) is 12.9. The van der Waals surface area contributed by atoms with Gasteiger partial charge in [0.1, 0.15) is 5.78 Å². The maximum atomic E-state index is 11.1. The van der Waals surface area contributed by atoms with Crippen molar-refractivity contribution in [1.82, 2.24) is 4.90 Å². The van der Waals surface area contributed by atoms with Crippen LogP contribution in [0.25, 0.3) is 0 Å². The Labute approximate surface area is 98.3 Å². The van der Waals surface area contributed by atoms with Crippen molar-refractivity contribution in [3.05, 3.63) is 35.9 Å². The van der Waals surface area contributed by atoms with Gasteiger partial charge in [-0.1, -0.05) is 37.3 Å². The molecule has 0 saturated carbocycles. The van der Waals surface area contributed by atoms with Gasteiger partial charge in [0.05, 0.1) is 0 Å². The van der Waals surface area contributed by atoms with E-state index in [2.05, 4.69) is 36.2 Å². The van der Waals surface area contributed by atoms with Crippen molar-refractivity contribution >= 4 is 5.78 Å². The Morgan fingerprint density at radius 1 is 1.25 bits per heavy atom. The molecule has 0 amide bonds. The van der Waals surface area contributed by atoms with Gasteiger partial charge in [0, 0.05) is 19.4 Å². The van der Waals surface area contributed by atoms with Crippen LogP contribution in [0.2, 0.25) is 0 Å². The van der Waals surface area contributed by atoms with Crippen LogP contribution in [0.15, 0.2) is 30.3 Å². The summed E-state index contributed by atoms with van der Waals surface area (Å²) in [4.78, 5) is 13.4. The monoisotopic (exact) mass is 219 g/mol. The maximum Gasteiger partial charge on any atom is 0.132 e. The van der Waals surface area contributed by atoms with E-state index in [1.54, 1.807) is 0 Å². The predicted molar refractivity (Wildman–Crippen MR) is 67.3 cm³/mol. The van der Waals surface area contributed by atoms with Gasteiger partial charge >= 0.3 is 0 Å². The number of benzene rings is 1. The first-order valence-corrected chi connectivity index (χ1v) is 5.96. The fourth-order valence-corrected chi connectivity index (χ4v) is 1.70. The second kappa shape index (κ2) is 7.18. The van der Waals surface area contributed by atoms with Gasteiger partial charge in [-0.05, 0) is 25.6 Å². The van der Waals surface area contributed by atoms with Crippen LogP contribution in [0.1, 0.15) is 31.7 Å². The van der Waals surface area contributed by atoms with Crippen molar-refractivity contribution in [2.24, 2.45) is 0 Å². The molecular weight excluding hydrogens is 198 g/mol. The minimum absolute atomic E-state index is 0.369. The molecule has 0 bridgehead atoms. The summed E-state index contributed by atoms with van der Waals surface area (Å²) in [7, 11) is 2.10. The Kier molecular flexibility index (Phi) is 5.79. The third kappa shape index (κ3) is 5.08. The highest BCUT2D eigenvalue weighted by atomic mass is 16.1. The Balaban J connectivity index is 2.21. The first-order chi connectivity index (χ1) is 7.72. The van der Waals surface area contributed by atoms with E-state index in [0.717, 1.165) is 25.9 Å². The van der Waals surface area contributed by atoms with Crippen LogP contribution < -0.4 is 0 Å². The first-order valence-electron chi connectivity index (χ1n) is 5.96. The number of hydrogen-bond donors (Lipinski definition) is 0. The normalized spacial score (nSPS) is 10.7. The summed E-state index contributed by atoms with van der Waals surface area (Å²) in [6.45, 7) is 3.87. The molecule has 0 radical (unpaired) electrons. The molecule has 0 aliphatic heterocycles. The van der Waals surface area contributed by atoms with Crippen LogP contribution in [0, 0.1) is 0 Å². The highest BCUT2D eigenvalue weighted by molar-refractivity contribution is 5.77. The van der Waals surface area contributed by atoms with Gasteiger partial charge in [-0.2, -0.15) is 0 Å². The second-order valence-corrected chi connectivity index (χ2v) is 4.22. The molecule has 1 aromatic rings. The van der Waals surface area contributed by atoms with Crippen molar-refractivity contribution in [3.8, 4) is 0 Å². The molecule has 0 heterocycles. The molecule has 16 heavy (non-hydrogen) atoms. The van der Waals surface area contributed by atoms with E-state index in [4.69, 9.17) is 0 Å². The Bertz CT molecular complexity index is 308. The van der Waals surface area contributed by atoms with Gasteiger partial charge in [-0.25, -0.2) is 0 Å². The summed E-state index contributed by atoms with van der Waals surface area (Å²) in [6.07, 6.45) is 2.36. The molecule has 88 valence electrons. The molecule has 0 saturated heterocycles. The van der Waals surface area contributed by atoms with Crippen molar-refractivity contribution < 1.29 is 4.79 Å². The van der Waals surface area contributed by atoms with Crippen LogP contribution in [0.3, 0.4) is 0 Å². The van der Waals surface area contributed by atoms with Crippen LogP contribution in [-0.4, -0.2) is 24.3 Å². The Morgan fingerprint density at radius 2 is 1.94 bits per heavy atom. The van der Waals surface area contributed by atoms with Crippen LogP contribution in [0.4, 0.5) is 0 Å². The number of hydrogen-bond acceptors (Lipinski definition) is 2. The van der Waals surface area contributed by atoms with E-state index in [9.17, 15) is 4.79 Å². The highest BCUT2D eigenvalue weighted by Gasteiger charge is 2.02. The number of nitrogens with zero attached hydrogens (tertiary/aromatic N) is 1. The number of carbonyl (C=O) groups is 1. The molecule has 0 unspecified atom stereocenters. The van der Waals surface area contributed by atoms with Gasteiger partial charge in [0.15, 0.2) is 0 Å². The predicted octanol–water partition coefficient (Wildman–Crippen LogP) is 2.88. The molecule has 2 nitrogen and oxygen atoms in total. The molecule has 2 heteroatoms. The summed E-state index contributed by atoms with van der Waals surface area (Å²) in [5.74, 6) is 0.369. The number of rotatable bonds is 7. The maximum absolute atomic E-state index is 11.1. The molecule has 0 aromatic heterocycles. The van der Waals surface area contributed by atoms with E-state index in [-0.39, 0.29) is 0 Å². The standard InChI is InChI=1S/C14H21NO/c1-3-14(16)10-7-11-15(2)12-13-8-5-4-6-9-13/h4-6,8-9H,3,7,10-12H2,1-2H3. The average Bonchev–Trinajstić information content (AvgIpc) is 2.30. The fraction of sp³-hybridized carbons (Fsp3) is 0.500. The molecule has 1 aromatic carbocycles. The third-order valence-corrected chi connectivity index (χ3v) is 2.69. The molecule has 1 rings (SSSR count). The molecule has 0 aliphatic rings. The summed E-state index contributed by atoms with van der Waals surface area (Å²) in [5, 5.41) is 0. The lowest BCUT2D eigenvalue weighted by Gasteiger charge is -2.16. The summed E-state index contributed by atoms with van der Waals surface area (Å²) in [5.41, 5.74) is 1.33.